The van der Waals surface area contributed by atoms with Crippen molar-refractivity contribution in [2.75, 3.05) is 0 Å². The molecule has 5 atom stereocenters. The molecule has 238 valence electrons. The summed E-state index contributed by atoms with van der Waals surface area (Å²) in [7, 11) is 0. The highest BCUT2D eigenvalue weighted by molar-refractivity contribution is 5.55. The molecule has 0 aliphatic heterocycles. The molecule has 6 rings (SSSR count). The smallest absolute Gasteiger partial charge is 0.115 e. The van der Waals surface area contributed by atoms with Crippen molar-refractivity contribution in [3.05, 3.63) is 154 Å². The van der Waals surface area contributed by atoms with E-state index in [1.165, 1.54) is 0 Å². The van der Waals surface area contributed by atoms with Crippen molar-refractivity contribution >= 4 is 0 Å². The molecule has 0 heterocycles. The van der Waals surface area contributed by atoms with E-state index >= 15 is 0 Å². The van der Waals surface area contributed by atoms with Crippen molar-refractivity contribution in [2.45, 2.75) is 45.4 Å². The Morgan fingerprint density at radius 1 is 0.630 bits per heavy atom. The first-order valence-corrected chi connectivity index (χ1v) is 16.1. The van der Waals surface area contributed by atoms with Gasteiger partial charge in [0, 0.05) is 12.3 Å². The molecular weight excluding hydrogens is 576 g/mol. The second-order valence-electron chi connectivity index (χ2n) is 13.1. The van der Waals surface area contributed by atoms with E-state index in [-0.39, 0.29) is 52.3 Å². The van der Waals surface area contributed by atoms with Gasteiger partial charge in [0.05, 0.1) is 5.92 Å². The van der Waals surface area contributed by atoms with Crippen LogP contribution in [0.1, 0.15) is 43.7 Å². The summed E-state index contributed by atoms with van der Waals surface area (Å²) in [6.07, 6.45) is 19.0. The molecule has 0 saturated carbocycles. The second-order valence-corrected chi connectivity index (χ2v) is 13.1. The van der Waals surface area contributed by atoms with Gasteiger partial charge >= 0.3 is 0 Å². The van der Waals surface area contributed by atoms with E-state index in [1.807, 2.05) is 42.5 Å². The number of aliphatic hydroxyl groups excluding tert-OH is 4. The molecule has 0 fully saturated rings. The monoisotopic (exact) mass is 618 g/mol. The number of fused-ring (bicyclic) bond motifs is 1. The molecule has 0 spiro atoms. The molecule has 46 heavy (non-hydrogen) atoms. The van der Waals surface area contributed by atoms with Crippen LogP contribution in [0.25, 0.3) is 0 Å². The minimum Gasteiger partial charge on any atom is -0.512 e. The summed E-state index contributed by atoms with van der Waals surface area (Å²) >= 11 is 0. The Bertz CT molecular complexity index is 1710. The Labute approximate surface area is 270 Å². The Kier molecular flexibility index (Phi) is 8.98. The van der Waals surface area contributed by atoms with Crippen molar-refractivity contribution in [1.82, 2.24) is 0 Å². The van der Waals surface area contributed by atoms with Gasteiger partial charge in [0.1, 0.15) is 34.5 Å². The SMILES string of the molecule is CC1CC=C(O)C=CC1CC1=CC(CC2C=CC(O)=CC2)=C(O)[C@@H]2C1=CC(Cc1ccc(O)cc1)=C(O)C2Cc1ccc(O)cc1. The Morgan fingerprint density at radius 3 is 1.91 bits per heavy atom. The molecule has 4 unspecified atom stereocenters. The highest BCUT2D eigenvalue weighted by atomic mass is 16.3. The van der Waals surface area contributed by atoms with E-state index in [1.54, 1.807) is 42.5 Å². The molecular formula is C40H42O6. The van der Waals surface area contributed by atoms with Gasteiger partial charge in [0.15, 0.2) is 0 Å². The number of benzene rings is 2. The van der Waals surface area contributed by atoms with E-state index in [9.17, 15) is 30.6 Å². The minimum absolute atomic E-state index is 0.113. The lowest BCUT2D eigenvalue weighted by Gasteiger charge is -2.39. The number of phenolic OH excluding ortho intramolecular Hbond substituents is 2. The third-order valence-corrected chi connectivity index (χ3v) is 9.86. The minimum atomic E-state index is -0.472. The van der Waals surface area contributed by atoms with Crippen LogP contribution in [0.4, 0.5) is 0 Å². The summed E-state index contributed by atoms with van der Waals surface area (Å²) in [6, 6.07) is 14.0. The van der Waals surface area contributed by atoms with Crippen LogP contribution in [0.3, 0.4) is 0 Å². The predicted molar refractivity (Wildman–Crippen MR) is 180 cm³/mol. The standard InChI is InChI=1S/C40H42O6/c1-24-2-10-32(41)17-9-28(24)21-29-22-30(18-25-3-11-33(42)12-4-25)40(46)38-36(29)23-31(19-26-5-13-34(43)14-6-26)39(45)37(38)20-27-7-15-35(44)16-8-27/h3,5-17,22-25,28,37-38,41-46H,2,4,18-21H2,1H3/t24?,25?,28?,37?,38-/m1/s1. The number of hydrogen-bond acceptors (Lipinski definition) is 6. The van der Waals surface area contributed by atoms with Crippen LogP contribution in [-0.4, -0.2) is 30.6 Å². The summed E-state index contributed by atoms with van der Waals surface area (Å²) in [4.78, 5) is 0. The van der Waals surface area contributed by atoms with Gasteiger partial charge < -0.3 is 30.6 Å². The fraction of sp³-hybridized carbons (Fsp3) is 0.300. The van der Waals surface area contributed by atoms with Gasteiger partial charge in [-0.25, -0.2) is 0 Å². The van der Waals surface area contributed by atoms with Gasteiger partial charge in [0.25, 0.3) is 0 Å². The summed E-state index contributed by atoms with van der Waals surface area (Å²) in [5.41, 5.74) is 5.56. The fourth-order valence-electron chi connectivity index (χ4n) is 7.15. The first kappa shape index (κ1) is 31.2. The zero-order chi connectivity index (χ0) is 32.4. The lowest BCUT2D eigenvalue weighted by Crippen LogP contribution is -2.31. The first-order chi connectivity index (χ1) is 22.1. The molecule has 0 saturated heterocycles. The van der Waals surface area contributed by atoms with Crippen LogP contribution in [0.15, 0.2) is 142 Å². The average molecular weight is 619 g/mol. The van der Waals surface area contributed by atoms with Gasteiger partial charge in [-0.1, -0.05) is 55.5 Å². The topological polar surface area (TPSA) is 121 Å². The van der Waals surface area contributed by atoms with Crippen LogP contribution < -0.4 is 0 Å². The fourth-order valence-corrected chi connectivity index (χ4v) is 7.15. The molecule has 6 N–H and O–H groups in total. The molecule has 2 aromatic carbocycles. The second kappa shape index (κ2) is 13.3. The number of allylic oxidation sites excluding steroid dienone is 13. The molecule has 0 amide bonds. The highest BCUT2D eigenvalue weighted by Crippen LogP contribution is 2.49. The molecule has 0 bridgehead atoms. The van der Waals surface area contributed by atoms with E-state index in [0.29, 0.717) is 32.1 Å². The number of aliphatic hydroxyl groups is 4. The van der Waals surface area contributed by atoms with E-state index in [2.05, 4.69) is 19.1 Å². The number of aromatic hydroxyl groups is 2. The lowest BCUT2D eigenvalue weighted by molar-refractivity contribution is 0.233. The van der Waals surface area contributed by atoms with Crippen molar-refractivity contribution in [1.29, 1.82) is 0 Å². The zero-order valence-corrected chi connectivity index (χ0v) is 26.1. The molecule has 4 aliphatic carbocycles. The molecule has 2 aromatic rings. The summed E-state index contributed by atoms with van der Waals surface area (Å²) < 4.78 is 0. The van der Waals surface area contributed by atoms with E-state index < -0.39 is 11.8 Å². The molecule has 0 radical (unpaired) electrons. The summed E-state index contributed by atoms with van der Waals surface area (Å²) in [6.45, 7) is 2.19. The molecule has 6 nitrogen and oxygen atoms in total. The Hall–Kier alpha value is -4.84. The Balaban J connectivity index is 1.44. The van der Waals surface area contributed by atoms with Crippen LogP contribution in [0.2, 0.25) is 0 Å². The molecule has 4 aliphatic rings. The summed E-state index contributed by atoms with van der Waals surface area (Å²) in [5, 5.41) is 63.9. The average Bonchev–Trinajstić information content (AvgIpc) is 3.20. The normalized spacial score (nSPS) is 26.2. The highest BCUT2D eigenvalue weighted by Gasteiger charge is 2.41. The van der Waals surface area contributed by atoms with Gasteiger partial charge in [-0.05, 0) is 132 Å². The van der Waals surface area contributed by atoms with Gasteiger partial charge in [-0.15, -0.1) is 0 Å². The summed E-state index contributed by atoms with van der Waals surface area (Å²) in [5.74, 6) is 0.988. The molecule has 6 heteroatoms. The van der Waals surface area contributed by atoms with E-state index in [4.69, 9.17) is 0 Å². The van der Waals surface area contributed by atoms with Crippen LogP contribution in [-0.2, 0) is 12.8 Å². The van der Waals surface area contributed by atoms with Crippen LogP contribution in [0, 0.1) is 29.6 Å². The lowest BCUT2D eigenvalue weighted by atomic mass is 9.66. The maximum Gasteiger partial charge on any atom is 0.115 e. The number of rotatable bonds is 8. The van der Waals surface area contributed by atoms with Crippen LogP contribution in [0.5, 0.6) is 11.5 Å². The number of phenols is 2. The quantitative estimate of drug-likeness (QED) is 0.176. The van der Waals surface area contributed by atoms with Gasteiger partial charge in [0.2, 0.25) is 0 Å². The van der Waals surface area contributed by atoms with Crippen molar-refractivity contribution < 1.29 is 30.6 Å². The van der Waals surface area contributed by atoms with Gasteiger partial charge in [-0.3, -0.25) is 0 Å². The van der Waals surface area contributed by atoms with Gasteiger partial charge in [-0.2, -0.15) is 0 Å². The number of hydrogen-bond donors (Lipinski definition) is 6. The third kappa shape index (κ3) is 6.86. The maximum absolute atomic E-state index is 12.1. The maximum atomic E-state index is 12.1. The van der Waals surface area contributed by atoms with E-state index in [0.717, 1.165) is 39.8 Å². The third-order valence-electron chi connectivity index (χ3n) is 9.86. The Morgan fingerprint density at radius 2 is 1.26 bits per heavy atom. The predicted octanol–water partition coefficient (Wildman–Crippen LogP) is 9.07. The van der Waals surface area contributed by atoms with Crippen molar-refractivity contribution in [3.8, 4) is 11.5 Å². The van der Waals surface area contributed by atoms with Crippen molar-refractivity contribution in [2.24, 2.45) is 29.6 Å². The first-order valence-electron chi connectivity index (χ1n) is 16.1. The largest absolute Gasteiger partial charge is 0.512 e. The van der Waals surface area contributed by atoms with Crippen molar-refractivity contribution in [3.63, 3.8) is 0 Å². The zero-order valence-electron chi connectivity index (χ0n) is 26.1. The van der Waals surface area contributed by atoms with Crippen LogP contribution >= 0.6 is 0 Å². The molecule has 0 aromatic heterocycles.